The van der Waals surface area contributed by atoms with Crippen LogP contribution in [0.2, 0.25) is 0 Å². The van der Waals surface area contributed by atoms with Gasteiger partial charge in [-0.25, -0.2) is 4.98 Å². The SMILES string of the molecule is CCNc1nc(C)cc(N(C)CC(C)C#N)n1. The van der Waals surface area contributed by atoms with Gasteiger partial charge >= 0.3 is 0 Å². The summed E-state index contributed by atoms with van der Waals surface area (Å²) in [6.45, 7) is 7.30. The lowest BCUT2D eigenvalue weighted by Gasteiger charge is -2.20. The minimum atomic E-state index is -0.0159. The van der Waals surface area contributed by atoms with Gasteiger partial charge in [-0.15, -0.1) is 0 Å². The van der Waals surface area contributed by atoms with Crippen molar-refractivity contribution in [3.05, 3.63) is 11.8 Å². The second-order valence-corrected chi connectivity index (χ2v) is 4.13. The molecule has 1 atom stereocenters. The molecule has 0 aliphatic rings. The molecule has 92 valence electrons. The van der Waals surface area contributed by atoms with Crippen molar-refractivity contribution in [2.24, 2.45) is 5.92 Å². The third-order valence-electron chi connectivity index (χ3n) is 2.33. The molecule has 0 radical (unpaired) electrons. The van der Waals surface area contributed by atoms with E-state index in [0.29, 0.717) is 12.5 Å². The summed E-state index contributed by atoms with van der Waals surface area (Å²) in [5.41, 5.74) is 0.919. The van der Waals surface area contributed by atoms with Gasteiger partial charge in [0.1, 0.15) is 5.82 Å². The molecule has 0 fully saturated rings. The zero-order valence-corrected chi connectivity index (χ0v) is 10.9. The van der Waals surface area contributed by atoms with Crippen molar-refractivity contribution < 1.29 is 0 Å². The van der Waals surface area contributed by atoms with E-state index in [1.54, 1.807) is 0 Å². The molecule has 1 rings (SSSR count). The predicted molar refractivity (Wildman–Crippen MR) is 69.0 cm³/mol. The minimum absolute atomic E-state index is 0.0159. The van der Waals surface area contributed by atoms with Crippen LogP contribution < -0.4 is 10.2 Å². The van der Waals surface area contributed by atoms with Crippen LogP contribution in [0.5, 0.6) is 0 Å². The van der Waals surface area contributed by atoms with Crippen LogP contribution in [-0.4, -0.2) is 30.1 Å². The Bertz CT molecular complexity index is 410. The standard InChI is InChI=1S/C12H19N5/c1-5-14-12-15-10(3)6-11(16-12)17(4)8-9(2)7-13/h6,9H,5,8H2,1-4H3,(H,14,15,16). The molecule has 1 unspecified atom stereocenters. The van der Waals surface area contributed by atoms with Gasteiger partial charge in [0.15, 0.2) is 0 Å². The number of aryl methyl sites for hydroxylation is 1. The molecule has 0 saturated heterocycles. The molecule has 1 aromatic rings. The zero-order valence-electron chi connectivity index (χ0n) is 10.9. The first kappa shape index (κ1) is 13.2. The third-order valence-corrected chi connectivity index (χ3v) is 2.33. The van der Waals surface area contributed by atoms with E-state index in [9.17, 15) is 0 Å². The number of nitriles is 1. The lowest BCUT2D eigenvalue weighted by atomic mass is 10.2. The summed E-state index contributed by atoms with van der Waals surface area (Å²) in [7, 11) is 1.94. The Morgan fingerprint density at radius 2 is 2.24 bits per heavy atom. The fourth-order valence-electron chi connectivity index (χ4n) is 1.53. The van der Waals surface area contributed by atoms with Crippen LogP contribution in [0.25, 0.3) is 0 Å². The molecule has 0 bridgehead atoms. The van der Waals surface area contributed by atoms with Gasteiger partial charge in [-0.3, -0.25) is 0 Å². The van der Waals surface area contributed by atoms with Crippen molar-refractivity contribution in [3.63, 3.8) is 0 Å². The number of rotatable bonds is 5. The Labute approximate surface area is 102 Å². The van der Waals surface area contributed by atoms with Crippen LogP contribution in [0, 0.1) is 24.2 Å². The van der Waals surface area contributed by atoms with Crippen LogP contribution in [-0.2, 0) is 0 Å². The van der Waals surface area contributed by atoms with Gasteiger partial charge < -0.3 is 10.2 Å². The quantitative estimate of drug-likeness (QED) is 0.840. The summed E-state index contributed by atoms with van der Waals surface area (Å²) in [6.07, 6.45) is 0. The van der Waals surface area contributed by atoms with Crippen molar-refractivity contribution in [2.75, 3.05) is 30.4 Å². The largest absolute Gasteiger partial charge is 0.358 e. The fourth-order valence-corrected chi connectivity index (χ4v) is 1.53. The smallest absolute Gasteiger partial charge is 0.224 e. The molecule has 0 spiro atoms. The minimum Gasteiger partial charge on any atom is -0.358 e. The zero-order chi connectivity index (χ0) is 12.8. The summed E-state index contributed by atoms with van der Waals surface area (Å²) >= 11 is 0. The molecule has 1 heterocycles. The Hall–Kier alpha value is -1.83. The molecule has 0 aromatic carbocycles. The Balaban J connectivity index is 2.86. The Morgan fingerprint density at radius 3 is 2.82 bits per heavy atom. The topological polar surface area (TPSA) is 64.8 Å². The van der Waals surface area contributed by atoms with E-state index in [-0.39, 0.29) is 5.92 Å². The molecular formula is C12H19N5. The summed E-state index contributed by atoms with van der Waals surface area (Å²) in [5, 5.41) is 11.9. The van der Waals surface area contributed by atoms with Gasteiger partial charge in [0.2, 0.25) is 5.95 Å². The number of nitrogens with one attached hydrogen (secondary N) is 1. The fraction of sp³-hybridized carbons (Fsp3) is 0.583. The van der Waals surface area contributed by atoms with Gasteiger partial charge in [0.05, 0.1) is 12.0 Å². The van der Waals surface area contributed by atoms with Crippen molar-refractivity contribution in [1.82, 2.24) is 9.97 Å². The first-order valence-corrected chi connectivity index (χ1v) is 5.77. The number of anilines is 2. The van der Waals surface area contributed by atoms with Gasteiger partial charge in [-0.05, 0) is 20.8 Å². The first-order valence-electron chi connectivity index (χ1n) is 5.77. The lowest BCUT2D eigenvalue weighted by Crippen LogP contribution is -2.24. The number of nitrogens with zero attached hydrogens (tertiary/aromatic N) is 4. The molecule has 0 amide bonds. The maximum atomic E-state index is 8.80. The van der Waals surface area contributed by atoms with Crippen LogP contribution in [0.1, 0.15) is 19.5 Å². The summed E-state index contributed by atoms with van der Waals surface area (Å²) in [6, 6.07) is 4.14. The van der Waals surface area contributed by atoms with Crippen molar-refractivity contribution >= 4 is 11.8 Å². The second-order valence-electron chi connectivity index (χ2n) is 4.13. The van der Waals surface area contributed by atoms with E-state index >= 15 is 0 Å². The average Bonchev–Trinajstić information content (AvgIpc) is 2.28. The van der Waals surface area contributed by atoms with Crippen molar-refractivity contribution in [2.45, 2.75) is 20.8 Å². The molecule has 0 aliphatic heterocycles. The second kappa shape index (κ2) is 6.04. The molecule has 0 aliphatic carbocycles. The molecule has 17 heavy (non-hydrogen) atoms. The Morgan fingerprint density at radius 1 is 1.53 bits per heavy atom. The molecule has 5 heteroatoms. The molecule has 1 aromatic heterocycles. The highest BCUT2D eigenvalue weighted by Gasteiger charge is 2.09. The normalized spacial score (nSPS) is 11.7. The van der Waals surface area contributed by atoms with Crippen LogP contribution in [0.3, 0.4) is 0 Å². The van der Waals surface area contributed by atoms with E-state index in [0.717, 1.165) is 18.1 Å². The number of hydrogen-bond acceptors (Lipinski definition) is 5. The monoisotopic (exact) mass is 233 g/mol. The third kappa shape index (κ3) is 3.91. The van der Waals surface area contributed by atoms with Crippen LogP contribution in [0.15, 0.2) is 6.07 Å². The van der Waals surface area contributed by atoms with Crippen LogP contribution in [0.4, 0.5) is 11.8 Å². The molecule has 5 nitrogen and oxygen atoms in total. The number of hydrogen-bond donors (Lipinski definition) is 1. The highest BCUT2D eigenvalue weighted by Crippen LogP contribution is 2.14. The Kier molecular flexibility index (Phi) is 4.70. The van der Waals surface area contributed by atoms with E-state index in [1.165, 1.54) is 0 Å². The maximum absolute atomic E-state index is 8.80. The highest BCUT2D eigenvalue weighted by molar-refractivity contribution is 5.44. The van der Waals surface area contributed by atoms with Gasteiger partial charge in [0.25, 0.3) is 0 Å². The van der Waals surface area contributed by atoms with Gasteiger partial charge in [-0.2, -0.15) is 10.2 Å². The number of aromatic nitrogens is 2. The van der Waals surface area contributed by atoms with E-state index in [1.807, 2.05) is 38.8 Å². The summed E-state index contributed by atoms with van der Waals surface area (Å²) in [4.78, 5) is 10.7. The van der Waals surface area contributed by atoms with E-state index in [4.69, 9.17) is 5.26 Å². The summed E-state index contributed by atoms with van der Waals surface area (Å²) < 4.78 is 0. The van der Waals surface area contributed by atoms with Crippen molar-refractivity contribution in [1.29, 1.82) is 5.26 Å². The summed E-state index contributed by atoms with van der Waals surface area (Å²) in [5.74, 6) is 1.47. The van der Waals surface area contributed by atoms with Crippen molar-refractivity contribution in [3.8, 4) is 6.07 Å². The molecule has 1 N–H and O–H groups in total. The van der Waals surface area contributed by atoms with E-state index in [2.05, 4.69) is 21.4 Å². The maximum Gasteiger partial charge on any atom is 0.224 e. The lowest BCUT2D eigenvalue weighted by molar-refractivity contribution is 0.709. The van der Waals surface area contributed by atoms with Gasteiger partial charge in [-0.1, -0.05) is 0 Å². The highest BCUT2D eigenvalue weighted by atomic mass is 15.2. The van der Waals surface area contributed by atoms with Crippen LogP contribution >= 0.6 is 0 Å². The van der Waals surface area contributed by atoms with Gasteiger partial charge in [0, 0.05) is 31.9 Å². The average molecular weight is 233 g/mol. The predicted octanol–water partition coefficient (Wildman–Crippen LogP) is 1.81. The van der Waals surface area contributed by atoms with E-state index < -0.39 is 0 Å². The first-order chi connectivity index (χ1) is 8.06. The molecular weight excluding hydrogens is 214 g/mol. The molecule has 0 saturated carbocycles.